The summed E-state index contributed by atoms with van der Waals surface area (Å²) in [6.07, 6.45) is 0. The standard InChI is InChI=1S/C20H19N/c21-20(18-14-8-3-9-15-18)19(16-10-4-1-5-11-16)17-12-6-2-7-13-17/h1-15,19-20H,21H2. The Morgan fingerprint density at radius 2 is 0.810 bits per heavy atom. The molecule has 2 N–H and O–H groups in total. The van der Waals surface area contributed by atoms with E-state index in [-0.39, 0.29) is 12.0 Å². The van der Waals surface area contributed by atoms with E-state index in [1.54, 1.807) is 0 Å². The minimum absolute atomic E-state index is 0.0593. The van der Waals surface area contributed by atoms with E-state index >= 15 is 0 Å². The largest absolute Gasteiger partial charge is 0.323 e. The molecule has 21 heavy (non-hydrogen) atoms. The molecule has 0 spiro atoms. The van der Waals surface area contributed by atoms with E-state index in [1.807, 2.05) is 30.3 Å². The first-order valence-corrected chi connectivity index (χ1v) is 7.26. The van der Waals surface area contributed by atoms with E-state index in [2.05, 4.69) is 60.7 Å². The lowest BCUT2D eigenvalue weighted by Crippen LogP contribution is -2.20. The fraction of sp³-hybridized carbons (Fsp3) is 0.100. The third kappa shape index (κ3) is 3.04. The number of hydrogen-bond donors (Lipinski definition) is 1. The molecule has 1 atom stereocenters. The van der Waals surface area contributed by atoms with E-state index in [9.17, 15) is 0 Å². The zero-order valence-corrected chi connectivity index (χ0v) is 11.9. The van der Waals surface area contributed by atoms with Crippen molar-refractivity contribution in [3.05, 3.63) is 108 Å². The molecule has 0 aliphatic carbocycles. The van der Waals surface area contributed by atoms with Crippen molar-refractivity contribution in [3.8, 4) is 0 Å². The summed E-state index contributed by atoms with van der Waals surface area (Å²) in [5, 5.41) is 0. The van der Waals surface area contributed by atoms with Crippen molar-refractivity contribution in [2.45, 2.75) is 12.0 Å². The second-order valence-corrected chi connectivity index (χ2v) is 5.24. The SMILES string of the molecule is NC(c1ccccc1)C(c1ccccc1)c1ccccc1. The Morgan fingerprint density at radius 3 is 1.19 bits per heavy atom. The van der Waals surface area contributed by atoms with Gasteiger partial charge in [-0.1, -0.05) is 91.0 Å². The summed E-state index contributed by atoms with van der Waals surface area (Å²) >= 11 is 0. The van der Waals surface area contributed by atoms with Gasteiger partial charge in [0, 0.05) is 12.0 Å². The van der Waals surface area contributed by atoms with Crippen LogP contribution in [0.5, 0.6) is 0 Å². The van der Waals surface area contributed by atoms with Crippen molar-refractivity contribution in [1.29, 1.82) is 0 Å². The number of rotatable bonds is 4. The summed E-state index contributed by atoms with van der Waals surface area (Å²) in [6, 6.07) is 31.2. The Bertz CT molecular complexity index is 622. The maximum atomic E-state index is 6.60. The van der Waals surface area contributed by atoms with Crippen molar-refractivity contribution in [3.63, 3.8) is 0 Å². The molecule has 1 heteroatoms. The summed E-state index contributed by atoms with van der Waals surface area (Å²) in [5.74, 6) is 0.162. The lowest BCUT2D eigenvalue weighted by Gasteiger charge is -2.25. The molecule has 3 rings (SSSR count). The Labute approximate surface area is 126 Å². The van der Waals surface area contributed by atoms with Gasteiger partial charge >= 0.3 is 0 Å². The first-order chi connectivity index (χ1) is 10.4. The molecule has 0 heterocycles. The second kappa shape index (κ2) is 6.38. The van der Waals surface area contributed by atoms with Gasteiger partial charge in [-0.3, -0.25) is 0 Å². The average Bonchev–Trinajstić information content (AvgIpc) is 2.58. The van der Waals surface area contributed by atoms with Crippen LogP contribution in [0.2, 0.25) is 0 Å². The van der Waals surface area contributed by atoms with Crippen LogP contribution in [0, 0.1) is 0 Å². The van der Waals surface area contributed by atoms with Crippen molar-refractivity contribution < 1.29 is 0 Å². The molecule has 0 aliphatic rings. The summed E-state index contributed by atoms with van der Waals surface area (Å²) in [7, 11) is 0. The van der Waals surface area contributed by atoms with Gasteiger partial charge in [0.05, 0.1) is 0 Å². The smallest absolute Gasteiger partial charge is 0.0405 e. The highest BCUT2D eigenvalue weighted by Crippen LogP contribution is 2.34. The number of hydrogen-bond acceptors (Lipinski definition) is 1. The van der Waals surface area contributed by atoms with Crippen LogP contribution in [0.25, 0.3) is 0 Å². The molecule has 0 aromatic heterocycles. The molecule has 0 fully saturated rings. The predicted molar refractivity (Wildman–Crippen MR) is 88.1 cm³/mol. The molecular weight excluding hydrogens is 254 g/mol. The molecular formula is C20H19N. The van der Waals surface area contributed by atoms with Gasteiger partial charge in [-0.15, -0.1) is 0 Å². The van der Waals surface area contributed by atoms with Crippen LogP contribution >= 0.6 is 0 Å². The molecule has 3 aromatic rings. The molecule has 0 bridgehead atoms. The Balaban J connectivity index is 2.05. The van der Waals surface area contributed by atoms with Crippen LogP contribution in [-0.4, -0.2) is 0 Å². The topological polar surface area (TPSA) is 26.0 Å². The van der Waals surface area contributed by atoms with Crippen LogP contribution in [0.4, 0.5) is 0 Å². The third-order valence-corrected chi connectivity index (χ3v) is 3.86. The van der Waals surface area contributed by atoms with E-state index in [0.717, 1.165) is 5.56 Å². The van der Waals surface area contributed by atoms with Crippen molar-refractivity contribution in [1.82, 2.24) is 0 Å². The van der Waals surface area contributed by atoms with Crippen LogP contribution in [-0.2, 0) is 0 Å². The molecule has 0 saturated heterocycles. The minimum atomic E-state index is -0.0593. The monoisotopic (exact) mass is 273 g/mol. The molecule has 104 valence electrons. The van der Waals surface area contributed by atoms with E-state index in [1.165, 1.54) is 11.1 Å². The summed E-state index contributed by atoms with van der Waals surface area (Å²) in [4.78, 5) is 0. The van der Waals surface area contributed by atoms with Crippen molar-refractivity contribution >= 4 is 0 Å². The van der Waals surface area contributed by atoms with Gasteiger partial charge in [-0.25, -0.2) is 0 Å². The fourth-order valence-corrected chi connectivity index (χ4v) is 2.80. The molecule has 0 saturated carbocycles. The average molecular weight is 273 g/mol. The van der Waals surface area contributed by atoms with E-state index in [4.69, 9.17) is 5.73 Å². The number of benzene rings is 3. The van der Waals surface area contributed by atoms with Gasteiger partial charge in [-0.2, -0.15) is 0 Å². The molecule has 1 nitrogen and oxygen atoms in total. The lowest BCUT2D eigenvalue weighted by molar-refractivity contribution is 0.629. The minimum Gasteiger partial charge on any atom is -0.323 e. The molecule has 0 aliphatic heterocycles. The van der Waals surface area contributed by atoms with Gasteiger partial charge in [0.25, 0.3) is 0 Å². The van der Waals surface area contributed by atoms with Gasteiger partial charge < -0.3 is 5.73 Å². The Hall–Kier alpha value is -2.38. The van der Waals surface area contributed by atoms with Crippen LogP contribution in [0.3, 0.4) is 0 Å². The van der Waals surface area contributed by atoms with E-state index in [0.29, 0.717) is 0 Å². The zero-order valence-electron chi connectivity index (χ0n) is 11.9. The van der Waals surface area contributed by atoms with Crippen molar-refractivity contribution in [2.75, 3.05) is 0 Å². The first-order valence-electron chi connectivity index (χ1n) is 7.26. The highest BCUT2D eigenvalue weighted by atomic mass is 14.7. The summed E-state index contributed by atoms with van der Waals surface area (Å²) < 4.78 is 0. The quantitative estimate of drug-likeness (QED) is 0.743. The molecule has 1 unspecified atom stereocenters. The second-order valence-electron chi connectivity index (χ2n) is 5.24. The summed E-state index contributed by atoms with van der Waals surface area (Å²) in [5.41, 5.74) is 10.3. The maximum absolute atomic E-state index is 6.60. The predicted octanol–water partition coefficient (Wildman–Crippen LogP) is 4.52. The maximum Gasteiger partial charge on any atom is 0.0405 e. The van der Waals surface area contributed by atoms with Crippen molar-refractivity contribution in [2.24, 2.45) is 5.73 Å². The fourth-order valence-electron chi connectivity index (χ4n) is 2.80. The van der Waals surface area contributed by atoms with Crippen LogP contribution in [0.1, 0.15) is 28.7 Å². The van der Waals surface area contributed by atoms with Gasteiger partial charge in [0.2, 0.25) is 0 Å². The van der Waals surface area contributed by atoms with E-state index < -0.39 is 0 Å². The zero-order chi connectivity index (χ0) is 14.5. The normalized spacial score (nSPS) is 12.3. The van der Waals surface area contributed by atoms with Crippen LogP contribution in [0.15, 0.2) is 91.0 Å². The third-order valence-electron chi connectivity index (χ3n) is 3.86. The summed E-state index contributed by atoms with van der Waals surface area (Å²) in [6.45, 7) is 0. The molecule has 0 radical (unpaired) electrons. The molecule has 3 aromatic carbocycles. The Morgan fingerprint density at radius 1 is 0.476 bits per heavy atom. The van der Waals surface area contributed by atoms with Gasteiger partial charge in [0.1, 0.15) is 0 Å². The molecule has 0 amide bonds. The van der Waals surface area contributed by atoms with Gasteiger partial charge in [-0.05, 0) is 16.7 Å². The highest BCUT2D eigenvalue weighted by Gasteiger charge is 2.22. The van der Waals surface area contributed by atoms with Gasteiger partial charge in [0.15, 0.2) is 0 Å². The Kier molecular flexibility index (Phi) is 4.13. The highest BCUT2D eigenvalue weighted by molar-refractivity contribution is 5.37. The number of nitrogens with two attached hydrogens (primary N) is 1. The van der Waals surface area contributed by atoms with Crippen LogP contribution < -0.4 is 5.73 Å². The lowest BCUT2D eigenvalue weighted by atomic mass is 9.82. The first kappa shape index (κ1) is 13.6.